The van der Waals surface area contributed by atoms with Crippen LogP contribution >= 0.6 is 15.9 Å². The molecule has 5 heteroatoms. The second kappa shape index (κ2) is 4.14. The average molecular weight is 298 g/mol. The summed E-state index contributed by atoms with van der Waals surface area (Å²) < 4.78 is 14.6. The first-order chi connectivity index (χ1) is 7.89. The summed E-state index contributed by atoms with van der Waals surface area (Å²) in [5.41, 5.74) is 6.69. The van der Waals surface area contributed by atoms with E-state index in [4.69, 9.17) is 5.73 Å². The number of nitrogen functional groups attached to an aromatic ring is 1. The van der Waals surface area contributed by atoms with Crippen molar-refractivity contribution in [3.05, 3.63) is 34.4 Å². The van der Waals surface area contributed by atoms with Crippen LogP contribution in [-0.4, -0.2) is 10.2 Å². The summed E-state index contributed by atoms with van der Waals surface area (Å²) in [6.07, 6.45) is 1.65. The maximum atomic E-state index is 13.9. The van der Waals surface area contributed by atoms with Gasteiger partial charge in [-0.3, -0.25) is 5.10 Å². The third kappa shape index (κ3) is 2.34. The molecule has 0 spiro atoms. The first-order valence-corrected chi connectivity index (χ1v) is 5.97. The molecule has 3 nitrogen and oxygen atoms in total. The normalized spacial score (nSPS) is 11.8. The van der Waals surface area contributed by atoms with Crippen LogP contribution in [0.25, 0.3) is 11.1 Å². The predicted molar refractivity (Wildman–Crippen MR) is 70.3 cm³/mol. The second-order valence-electron chi connectivity index (χ2n) is 4.36. The van der Waals surface area contributed by atoms with Crippen LogP contribution in [0, 0.1) is 0 Å². The van der Waals surface area contributed by atoms with Crippen molar-refractivity contribution in [1.29, 1.82) is 0 Å². The number of rotatable bonds is 2. The van der Waals surface area contributed by atoms with Crippen molar-refractivity contribution in [1.82, 2.24) is 10.2 Å². The quantitative estimate of drug-likeness (QED) is 0.889. The number of hydrogen-bond acceptors (Lipinski definition) is 2. The molecule has 0 atom stereocenters. The molecule has 0 aliphatic rings. The van der Waals surface area contributed by atoms with E-state index in [0.29, 0.717) is 11.4 Å². The molecule has 1 aromatic carbocycles. The van der Waals surface area contributed by atoms with Crippen LogP contribution in [-0.2, 0) is 5.67 Å². The molecule has 0 bridgehead atoms. The van der Waals surface area contributed by atoms with Gasteiger partial charge >= 0.3 is 0 Å². The Morgan fingerprint density at radius 3 is 2.59 bits per heavy atom. The van der Waals surface area contributed by atoms with Crippen LogP contribution in [0.4, 0.5) is 10.2 Å². The van der Waals surface area contributed by atoms with Gasteiger partial charge < -0.3 is 5.73 Å². The maximum Gasteiger partial charge on any atom is 0.131 e. The standard InChI is InChI=1S/C12H13BrFN3/c1-12(2,14)9-4-3-7(5-10(9)13)8-6-16-17-11(8)15/h3-6H,1-2H3,(H3,15,16,17). The van der Waals surface area contributed by atoms with Gasteiger partial charge in [-0.25, -0.2) is 4.39 Å². The van der Waals surface area contributed by atoms with E-state index in [0.717, 1.165) is 15.6 Å². The zero-order chi connectivity index (χ0) is 12.6. The first kappa shape index (κ1) is 12.1. The molecule has 17 heavy (non-hydrogen) atoms. The summed E-state index contributed by atoms with van der Waals surface area (Å²) in [6.45, 7) is 3.05. The van der Waals surface area contributed by atoms with Gasteiger partial charge in [-0.15, -0.1) is 0 Å². The lowest BCUT2D eigenvalue weighted by atomic mass is 9.97. The summed E-state index contributed by atoms with van der Waals surface area (Å²) in [6, 6.07) is 5.44. The van der Waals surface area contributed by atoms with Gasteiger partial charge in [0, 0.05) is 15.6 Å². The molecule has 0 saturated heterocycles. The van der Waals surface area contributed by atoms with Crippen LogP contribution in [0.5, 0.6) is 0 Å². The Morgan fingerprint density at radius 2 is 2.12 bits per heavy atom. The number of anilines is 1. The molecule has 3 N–H and O–H groups in total. The van der Waals surface area contributed by atoms with Crippen LogP contribution < -0.4 is 5.73 Å². The molecule has 0 aliphatic heterocycles. The minimum atomic E-state index is -1.38. The van der Waals surface area contributed by atoms with Gasteiger partial charge in [-0.1, -0.05) is 28.1 Å². The number of aromatic amines is 1. The number of H-pyrrole nitrogens is 1. The lowest BCUT2D eigenvalue weighted by molar-refractivity contribution is 0.220. The number of alkyl halides is 1. The van der Waals surface area contributed by atoms with Crippen LogP contribution in [0.1, 0.15) is 19.4 Å². The number of aromatic nitrogens is 2. The summed E-state index contributed by atoms with van der Waals surface area (Å²) in [5.74, 6) is 0.504. The van der Waals surface area contributed by atoms with E-state index in [1.165, 1.54) is 13.8 Å². The Bertz CT molecular complexity index is 543. The minimum Gasteiger partial charge on any atom is -0.384 e. The number of benzene rings is 1. The smallest absolute Gasteiger partial charge is 0.131 e. The molecule has 0 saturated carbocycles. The van der Waals surface area contributed by atoms with Crippen molar-refractivity contribution in [3.8, 4) is 11.1 Å². The average Bonchev–Trinajstić information content (AvgIpc) is 2.62. The largest absolute Gasteiger partial charge is 0.384 e. The molecule has 90 valence electrons. The highest BCUT2D eigenvalue weighted by atomic mass is 79.9. The Balaban J connectivity index is 2.49. The van der Waals surface area contributed by atoms with Crippen LogP contribution in [0.2, 0.25) is 0 Å². The summed E-state index contributed by atoms with van der Waals surface area (Å²) >= 11 is 3.38. The zero-order valence-electron chi connectivity index (χ0n) is 9.59. The number of nitrogens with zero attached hydrogens (tertiary/aromatic N) is 1. The molecule has 1 aromatic heterocycles. The Hall–Kier alpha value is -1.36. The molecule has 1 heterocycles. The lowest BCUT2D eigenvalue weighted by Crippen LogP contribution is -2.09. The predicted octanol–water partition coefficient (Wildman–Crippen LogP) is 3.63. The topological polar surface area (TPSA) is 54.7 Å². The van der Waals surface area contributed by atoms with Gasteiger partial charge in [-0.05, 0) is 25.5 Å². The number of halogens is 2. The minimum absolute atomic E-state index is 0.504. The van der Waals surface area contributed by atoms with E-state index >= 15 is 0 Å². The van der Waals surface area contributed by atoms with E-state index < -0.39 is 5.67 Å². The van der Waals surface area contributed by atoms with Gasteiger partial charge in [0.05, 0.1) is 6.20 Å². The third-order valence-corrected chi connectivity index (χ3v) is 3.25. The molecule has 0 aliphatic carbocycles. The fourth-order valence-corrected chi connectivity index (χ4v) is 2.54. The molecule has 0 radical (unpaired) electrons. The van der Waals surface area contributed by atoms with Crippen molar-refractivity contribution < 1.29 is 4.39 Å². The van der Waals surface area contributed by atoms with Gasteiger partial charge in [-0.2, -0.15) is 5.10 Å². The van der Waals surface area contributed by atoms with E-state index in [1.54, 1.807) is 12.3 Å². The summed E-state index contributed by atoms with van der Waals surface area (Å²) in [5, 5.41) is 6.53. The molecular weight excluding hydrogens is 285 g/mol. The van der Waals surface area contributed by atoms with Crippen molar-refractivity contribution >= 4 is 21.7 Å². The number of nitrogens with two attached hydrogens (primary N) is 1. The van der Waals surface area contributed by atoms with Crippen molar-refractivity contribution in [2.75, 3.05) is 5.73 Å². The van der Waals surface area contributed by atoms with Crippen LogP contribution in [0.3, 0.4) is 0 Å². The van der Waals surface area contributed by atoms with E-state index in [2.05, 4.69) is 26.1 Å². The van der Waals surface area contributed by atoms with Gasteiger partial charge in [0.2, 0.25) is 0 Å². The fourth-order valence-electron chi connectivity index (χ4n) is 1.69. The van der Waals surface area contributed by atoms with E-state index in [9.17, 15) is 4.39 Å². The Morgan fingerprint density at radius 1 is 1.41 bits per heavy atom. The maximum absolute atomic E-state index is 13.9. The molecule has 0 amide bonds. The molecule has 0 unspecified atom stereocenters. The lowest BCUT2D eigenvalue weighted by Gasteiger charge is -2.17. The second-order valence-corrected chi connectivity index (χ2v) is 5.22. The SMILES string of the molecule is CC(C)(F)c1ccc(-c2cn[nH]c2N)cc1Br. The summed E-state index contributed by atoms with van der Waals surface area (Å²) in [4.78, 5) is 0. The monoisotopic (exact) mass is 297 g/mol. The molecule has 0 fully saturated rings. The summed E-state index contributed by atoms with van der Waals surface area (Å²) in [7, 11) is 0. The highest BCUT2D eigenvalue weighted by Gasteiger charge is 2.22. The highest BCUT2D eigenvalue weighted by molar-refractivity contribution is 9.10. The highest BCUT2D eigenvalue weighted by Crippen LogP contribution is 2.35. The van der Waals surface area contributed by atoms with Crippen LogP contribution in [0.15, 0.2) is 28.9 Å². The number of hydrogen-bond donors (Lipinski definition) is 2. The van der Waals surface area contributed by atoms with Gasteiger partial charge in [0.25, 0.3) is 0 Å². The Labute approximate surface area is 107 Å². The van der Waals surface area contributed by atoms with Gasteiger partial charge in [0.15, 0.2) is 0 Å². The molecule has 2 aromatic rings. The van der Waals surface area contributed by atoms with Crippen molar-refractivity contribution in [3.63, 3.8) is 0 Å². The zero-order valence-corrected chi connectivity index (χ0v) is 11.2. The van der Waals surface area contributed by atoms with E-state index in [1.807, 2.05) is 12.1 Å². The Kier molecular flexibility index (Phi) is 2.95. The molecular formula is C12H13BrFN3. The van der Waals surface area contributed by atoms with Crippen molar-refractivity contribution in [2.45, 2.75) is 19.5 Å². The van der Waals surface area contributed by atoms with Gasteiger partial charge in [0.1, 0.15) is 11.5 Å². The first-order valence-electron chi connectivity index (χ1n) is 5.18. The third-order valence-electron chi connectivity index (χ3n) is 2.59. The molecule has 2 rings (SSSR count). The fraction of sp³-hybridized carbons (Fsp3) is 0.250. The number of nitrogens with one attached hydrogen (secondary N) is 1. The van der Waals surface area contributed by atoms with Crippen molar-refractivity contribution in [2.24, 2.45) is 0 Å². The van der Waals surface area contributed by atoms with E-state index in [-0.39, 0.29) is 0 Å².